The summed E-state index contributed by atoms with van der Waals surface area (Å²) in [5.41, 5.74) is 11.7. The molecule has 0 aromatic heterocycles. The second-order valence-corrected chi connectivity index (χ2v) is 11.5. The van der Waals surface area contributed by atoms with E-state index in [-0.39, 0.29) is 13.2 Å². The molecular formula is C26H54N4O12. The first kappa shape index (κ1) is 37.5. The zero-order chi connectivity index (χ0) is 31.4. The van der Waals surface area contributed by atoms with Crippen molar-refractivity contribution in [1.82, 2.24) is 9.80 Å². The molecule has 0 saturated carbocycles. The second-order valence-electron chi connectivity index (χ2n) is 11.5. The molecule has 16 heteroatoms. The fraction of sp³-hybridized carbons (Fsp3) is 1.00. The predicted molar refractivity (Wildman–Crippen MR) is 149 cm³/mol. The molecule has 2 rings (SSSR count). The highest BCUT2D eigenvalue weighted by Crippen LogP contribution is 2.22. The van der Waals surface area contributed by atoms with Gasteiger partial charge >= 0.3 is 0 Å². The molecule has 12 atom stereocenters. The molecule has 42 heavy (non-hydrogen) atoms. The van der Waals surface area contributed by atoms with E-state index in [4.69, 9.17) is 30.4 Å². The van der Waals surface area contributed by atoms with Crippen LogP contribution in [0.3, 0.4) is 0 Å². The first-order chi connectivity index (χ1) is 19.9. The third-order valence-electron chi connectivity index (χ3n) is 7.64. The minimum absolute atomic E-state index is 0.0817. The Bertz CT molecular complexity index is 671. The van der Waals surface area contributed by atoms with Crippen molar-refractivity contribution in [3.8, 4) is 0 Å². The van der Waals surface area contributed by atoms with Crippen LogP contribution in [-0.2, 0) is 18.9 Å². The number of aliphatic hydroxyl groups is 8. The van der Waals surface area contributed by atoms with Gasteiger partial charge in [0.05, 0.1) is 50.7 Å². The van der Waals surface area contributed by atoms with Crippen LogP contribution in [0, 0.1) is 0 Å². The summed E-state index contributed by atoms with van der Waals surface area (Å²) in [6.07, 6.45) is -7.20. The molecule has 2 fully saturated rings. The molecule has 0 aromatic carbocycles. The lowest BCUT2D eigenvalue weighted by atomic mass is 9.98. The number of ether oxygens (including phenoxy) is 4. The van der Waals surface area contributed by atoms with Crippen LogP contribution >= 0.6 is 0 Å². The lowest BCUT2D eigenvalue weighted by Crippen LogP contribution is -2.62. The quantitative estimate of drug-likeness (QED) is 0.0609. The van der Waals surface area contributed by atoms with Gasteiger partial charge in [0.1, 0.15) is 36.6 Å². The number of hydrogen-bond donors (Lipinski definition) is 10. The molecule has 2 aliphatic heterocycles. The highest BCUT2D eigenvalue weighted by atomic mass is 16.7. The van der Waals surface area contributed by atoms with Crippen LogP contribution in [0.1, 0.15) is 25.7 Å². The van der Waals surface area contributed by atoms with Crippen molar-refractivity contribution in [2.45, 2.75) is 99.2 Å². The molecule has 250 valence electrons. The summed E-state index contributed by atoms with van der Waals surface area (Å²) in [5, 5.41) is 78.9. The van der Waals surface area contributed by atoms with E-state index in [1.165, 1.54) is 0 Å². The van der Waals surface area contributed by atoms with Crippen LogP contribution in [0.5, 0.6) is 0 Å². The number of nitrogens with two attached hydrogens (primary N) is 2. The summed E-state index contributed by atoms with van der Waals surface area (Å²) >= 11 is 0. The molecule has 0 bridgehead atoms. The largest absolute Gasteiger partial charge is 0.394 e. The third kappa shape index (κ3) is 11.7. The van der Waals surface area contributed by atoms with Crippen molar-refractivity contribution in [3.63, 3.8) is 0 Å². The van der Waals surface area contributed by atoms with Crippen LogP contribution in [0.15, 0.2) is 0 Å². The summed E-state index contributed by atoms with van der Waals surface area (Å²) in [6.45, 7) is 1.10. The second kappa shape index (κ2) is 19.0. The first-order valence-corrected chi connectivity index (χ1v) is 14.6. The summed E-state index contributed by atoms with van der Waals surface area (Å²) in [7, 11) is 3.78. The van der Waals surface area contributed by atoms with Crippen LogP contribution in [-0.4, -0.2) is 191 Å². The van der Waals surface area contributed by atoms with E-state index in [1.54, 1.807) is 0 Å². The Morgan fingerprint density at radius 2 is 1.00 bits per heavy atom. The van der Waals surface area contributed by atoms with Gasteiger partial charge in [-0.3, -0.25) is 0 Å². The van der Waals surface area contributed by atoms with Crippen molar-refractivity contribution in [2.24, 2.45) is 11.5 Å². The first-order valence-electron chi connectivity index (χ1n) is 14.6. The molecular weight excluding hydrogens is 560 g/mol. The van der Waals surface area contributed by atoms with E-state index in [2.05, 4.69) is 0 Å². The summed E-state index contributed by atoms with van der Waals surface area (Å²) in [4.78, 5) is 3.97. The number of likely N-dealkylation sites (N-methyl/N-ethyl adjacent to an activating group) is 2. The normalized spacial score (nSPS) is 35.6. The summed E-state index contributed by atoms with van der Waals surface area (Å²) < 4.78 is 21.8. The lowest BCUT2D eigenvalue weighted by molar-refractivity contribution is -0.270. The Kier molecular flexibility index (Phi) is 17.0. The summed E-state index contributed by atoms with van der Waals surface area (Å²) in [5.74, 6) is 0. The van der Waals surface area contributed by atoms with Crippen LogP contribution in [0.4, 0.5) is 0 Å². The fourth-order valence-electron chi connectivity index (χ4n) is 5.04. The Labute approximate surface area is 247 Å². The van der Waals surface area contributed by atoms with Crippen molar-refractivity contribution in [3.05, 3.63) is 0 Å². The molecule has 2 unspecified atom stereocenters. The van der Waals surface area contributed by atoms with Gasteiger partial charge in [0.15, 0.2) is 12.6 Å². The average molecular weight is 615 g/mol. The highest BCUT2D eigenvalue weighted by molar-refractivity contribution is 4.92. The predicted octanol–water partition coefficient (Wildman–Crippen LogP) is -5.30. The van der Waals surface area contributed by atoms with E-state index in [9.17, 15) is 40.9 Å². The number of aliphatic hydroxyl groups excluding tert-OH is 8. The van der Waals surface area contributed by atoms with Crippen LogP contribution in [0.2, 0.25) is 0 Å². The van der Waals surface area contributed by atoms with E-state index in [1.807, 2.05) is 23.9 Å². The van der Waals surface area contributed by atoms with Gasteiger partial charge < -0.3 is 81.1 Å². The molecule has 0 radical (unpaired) electrons. The minimum atomic E-state index is -1.32. The molecule has 0 aliphatic carbocycles. The van der Waals surface area contributed by atoms with Crippen LogP contribution < -0.4 is 11.5 Å². The Morgan fingerprint density at radius 1 is 0.643 bits per heavy atom. The monoisotopic (exact) mass is 614 g/mol. The Hall–Kier alpha value is -0.640. The van der Waals surface area contributed by atoms with Crippen molar-refractivity contribution >= 4 is 0 Å². The fourth-order valence-corrected chi connectivity index (χ4v) is 5.04. The van der Waals surface area contributed by atoms with Crippen molar-refractivity contribution in [2.75, 3.05) is 66.7 Å². The van der Waals surface area contributed by atoms with Gasteiger partial charge in [-0.2, -0.15) is 0 Å². The average Bonchev–Trinajstić information content (AvgIpc) is 2.95. The van der Waals surface area contributed by atoms with Gasteiger partial charge in [-0.1, -0.05) is 12.8 Å². The molecule has 0 aromatic rings. The van der Waals surface area contributed by atoms with Crippen molar-refractivity contribution in [1.29, 1.82) is 0 Å². The van der Waals surface area contributed by atoms with E-state index in [0.29, 0.717) is 13.1 Å². The van der Waals surface area contributed by atoms with Gasteiger partial charge in [-0.05, 0) is 40.0 Å². The van der Waals surface area contributed by atoms with Gasteiger partial charge in [-0.25, -0.2) is 0 Å². The molecule has 0 amide bonds. The highest BCUT2D eigenvalue weighted by Gasteiger charge is 2.44. The maximum Gasteiger partial charge on any atom is 0.175 e. The SMILES string of the molecule is CN(CCCCCCN(C)CC(O)CO[C@H]1O[C@H](CO)[C@@H](O)[C@H](O)[C@H]1N)CC(O)CO[C@@H]1O[C@H](CO)[C@@H](O)[C@H](O)[C@H]1N. The third-order valence-corrected chi connectivity index (χ3v) is 7.64. The van der Waals surface area contributed by atoms with Gasteiger partial charge in [0.2, 0.25) is 0 Å². The lowest BCUT2D eigenvalue weighted by Gasteiger charge is -2.40. The smallest absolute Gasteiger partial charge is 0.175 e. The minimum Gasteiger partial charge on any atom is -0.394 e. The Balaban J connectivity index is 1.52. The topological polar surface area (TPSA) is 257 Å². The molecule has 16 nitrogen and oxygen atoms in total. The van der Waals surface area contributed by atoms with Crippen molar-refractivity contribution < 1.29 is 59.8 Å². The van der Waals surface area contributed by atoms with Crippen LogP contribution in [0.25, 0.3) is 0 Å². The summed E-state index contributed by atoms with van der Waals surface area (Å²) in [6, 6.07) is -2.02. The maximum atomic E-state index is 10.3. The van der Waals surface area contributed by atoms with Gasteiger partial charge in [-0.15, -0.1) is 0 Å². The zero-order valence-corrected chi connectivity index (χ0v) is 24.7. The van der Waals surface area contributed by atoms with Gasteiger partial charge in [0.25, 0.3) is 0 Å². The number of rotatable bonds is 19. The zero-order valence-electron chi connectivity index (χ0n) is 24.7. The molecule has 12 N–H and O–H groups in total. The maximum absolute atomic E-state index is 10.3. The van der Waals surface area contributed by atoms with E-state index < -0.39 is 86.7 Å². The Morgan fingerprint density at radius 3 is 1.33 bits per heavy atom. The number of unbranched alkanes of at least 4 members (excludes halogenated alkanes) is 3. The van der Waals surface area contributed by atoms with E-state index >= 15 is 0 Å². The standard InChI is InChI=1S/C26H54N4O12/c1-29(9-15(33)13-39-25-19(27)23(37)21(35)17(11-31)41-25)7-5-3-4-6-8-30(2)10-16(34)14-40-26-20(28)24(38)22(36)18(12-32)42-26/h15-26,31-38H,3-14,27-28H2,1-2H3/t15?,16?,17-,18-,19-,20-,21-,22-,23-,24-,25-,26+/m1/s1. The number of hydrogen-bond acceptors (Lipinski definition) is 16. The number of nitrogens with zero attached hydrogens (tertiary/aromatic N) is 2. The molecule has 0 spiro atoms. The van der Waals surface area contributed by atoms with Gasteiger partial charge in [0, 0.05) is 13.1 Å². The molecule has 2 saturated heterocycles. The molecule has 2 heterocycles. The van der Waals surface area contributed by atoms with E-state index in [0.717, 1.165) is 38.8 Å². The molecule has 2 aliphatic rings.